The standard InChI is InChI=1S/C10H9F3N2O5/c1-3-19-9(16)6-7(15(17)18)8(5(2)4-14-6)20-10(11,12)13/h4H,3H2,1-2H3. The predicted octanol–water partition coefficient (Wildman–Crippen LogP) is 2.37. The van der Waals surface area contributed by atoms with Crippen LogP contribution in [0, 0.1) is 17.0 Å². The Morgan fingerprint density at radius 2 is 2.10 bits per heavy atom. The van der Waals surface area contributed by atoms with Crippen LogP contribution in [-0.4, -0.2) is 28.8 Å². The number of aromatic nitrogens is 1. The summed E-state index contributed by atoms with van der Waals surface area (Å²) in [6.07, 6.45) is -4.27. The number of pyridine rings is 1. The number of hydrogen-bond acceptors (Lipinski definition) is 6. The molecule has 0 atom stereocenters. The van der Waals surface area contributed by atoms with Gasteiger partial charge in [-0.25, -0.2) is 9.78 Å². The Hall–Kier alpha value is -2.39. The Kier molecular flexibility index (Phi) is 4.48. The topological polar surface area (TPSA) is 91.6 Å². The zero-order chi connectivity index (χ0) is 15.5. The molecule has 20 heavy (non-hydrogen) atoms. The second-order valence-corrected chi connectivity index (χ2v) is 3.49. The quantitative estimate of drug-likeness (QED) is 0.481. The number of nitrogens with zero attached hydrogens (tertiary/aromatic N) is 2. The molecule has 0 amide bonds. The maximum atomic E-state index is 12.3. The molecule has 7 nitrogen and oxygen atoms in total. The van der Waals surface area contributed by atoms with Crippen LogP contribution in [0.1, 0.15) is 23.0 Å². The zero-order valence-corrected chi connectivity index (χ0v) is 10.4. The number of alkyl halides is 3. The SMILES string of the molecule is CCOC(=O)c1ncc(C)c(OC(F)(F)F)c1[N+](=O)[O-]. The monoisotopic (exact) mass is 294 g/mol. The number of carbonyl (C=O) groups is 1. The van der Waals surface area contributed by atoms with Crippen LogP contribution in [0.2, 0.25) is 0 Å². The molecule has 0 fully saturated rings. The molecule has 0 N–H and O–H groups in total. The van der Waals surface area contributed by atoms with Crippen molar-refractivity contribution in [1.82, 2.24) is 4.98 Å². The Balaban J connectivity index is 3.45. The zero-order valence-electron chi connectivity index (χ0n) is 10.4. The molecule has 1 heterocycles. The molecule has 0 unspecified atom stereocenters. The number of hydrogen-bond donors (Lipinski definition) is 0. The van der Waals surface area contributed by atoms with Crippen LogP contribution < -0.4 is 4.74 Å². The Labute approximate surface area is 110 Å². The molecular formula is C10H9F3N2O5. The summed E-state index contributed by atoms with van der Waals surface area (Å²) >= 11 is 0. The van der Waals surface area contributed by atoms with Gasteiger partial charge in [-0.1, -0.05) is 0 Å². The van der Waals surface area contributed by atoms with Gasteiger partial charge < -0.3 is 9.47 Å². The fourth-order valence-corrected chi connectivity index (χ4v) is 1.34. The van der Waals surface area contributed by atoms with Crippen molar-refractivity contribution >= 4 is 11.7 Å². The normalized spacial score (nSPS) is 11.1. The van der Waals surface area contributed by atoms with Crippen molar-refractivity contribution in [2.24, 2.45) is 0 Å². The third-order valence-electron chi connectivity index (χ3n) is 2.05. The maximum Gasteiger partial charge on any atom is 0.573 e. The van der Waals surface area contributed by atoms with Crippen molar-refractivity contribution in [1.29, 1.82) is 0 Å². The van der Waals surface area contributed by atoms with Crippen molar-refractivity contribution in [3.63, 3.8) is 0 Å². The van der Waals surface area contributed by atoms with E-state index in [0.717, 1.165) is 13.1 Å². The lowest BCUT2D eigenvalue weighted by Crippen LogP contribution is -2.20. The molecular weight excluding hydrogens is 285 g/mol. The first-order valence-electron chi connectivity index (χ1n) is 5.24. The Morgan fingerprint density at radius 1 is 1.50 bits per heavy atom. The van der Waals surface area contributed by atoms with E-state index in [2.05, 4.69) is 14.5 Å². The van der Waals surface area contributed by atoms with E-state index in [1.165, 1.54) is 6.92 Å². The molecule has 0 aliphatic carbocycles. The van der Waals surface area contributed by atoms with Crippen LogP contribution in [0.4, 0.5) is 18.9 Å². The van der Waals surface area contributed by atoms with Crippen molar-refractivity contribution in [2.45, 2.75) is 20.2 Å². The van der Waals surface area contributed by atoms with E-state index in [9.17, 15) is 28.1 Å². The third-order valence-corrected chi connectivity index (χ3v) is 2.05. The lowest BCUT2D eigenvalue weighted by atomic mass is 10.2. The van der Waals surface area contributed by atoms with Gasteiger partial charge in [0, 0.05) is 11.8 Å². The summed E-state index contributed by atoms with van der Waals surface area (Å²) in [5.41, 5.74) is -2.26. The largest absolute Gasteiger partial charge is 0.573 e. The van der Waals surface area contributed by atoms with Gasteiger partial charge in [-0.05, 0) is 13.8 Å². The van der Waals surface area contributed by atoms with Gasteiger partial charge in [-0.2, -0.15) is 0 Å². The van der Waals surface area contributed by atoms with Crippen LogP contribution >= 0.6 is 0 Å². The van der Waals surface area contributed by atoms with E-state index in [-0.39, 0.29) is 12.2 Å². The van der Waals surface area contributed by atoms with Crippen LogP contribution in [0.15, 0.2) is 6.20 Å². The van der Waals surface area contributed by atoms with Gasteiger partial charge in [0.05, 0.1) is 11.5 Å². The second-order valence-electron chi connectivity index (χ2n) is 3.49. The summed E-state index contributed by atoms with van der Waals surface area (Å²) < 4.78 is 44.9. The molecule has 0 aliphatic heterocycles. The third kappa shape index (κ3) is 3.56. The average molecular weight is 294 g/mol. The van der Waals surface area contributed by atoms with E-state index in [1.807, 2.05) is 0 Å². The summed E-state index contributed by atoms with van der Waals surface area (Å²) in [6, 6.07) is 0. The molecule has 1 rings (SSSR count). The summed E-state index contributed by atoms with van der Waals surface area (Å²) in [5, 5.41) is 10.9. The van der Waals surface area contributed by atoms with Gasteiger partial charge in [0.1, 0.15) is 0 Å². The Bertz CT molecular complexity index is 544. The fraction of sp³-hybridized carbons (Fsp3) is 0.400. The van der Waals surface area contributed by atoms with Gasteiger partial charge in [0.15, 0.2) is 0 Å². The number of aryl methyl sites for hydroxylation is 1. The first-order chi connectivity index (χ1) is 9.17. The number of nitro groups is 1. The summed E-state index contributed by atoms with van der Waals surface area (Å²) in [6.45, 7) is 2.46. The van der Waals surface area contributed by atoms with Crippen molar-refractivity contribution in [3.8, 4) is 5.75 Å². The van der Waals surface area contributed by atoms with E-state index < -0.39 is 34.4 Å². The highest BCUT2D eigenvalue weighted by Crippen LogP contribution is 2.36. The van der Waals surface area contributed by atoms with Gasteiger partial charge in [0.2, 0.25) is 11.4 Å². The second kappa shape index (κ2) is 5.72. The first-order valence-corrected chi connectivity index (χ1v) is 5.24. The molecule has 1 aromatic rings. The summed E-state index contributed by atoms with van der Waals surface area (Å²) in [7, 11) is 0. The highest BCUT2D eigenvalue weighted by Gasteiger charge is 2.38. The first kappa shape index (κ1) is 15.7. The minimum atomic E-state index is -5.14. The highest BCUT2D eigenvalue weighted by molar-refractivity contribution is 5.93. The Morgan fingerprint density at radius 3 is 2.55 bits per heavy atom. The van der Waals surface area contributed by atoms with Gasteiger partial charge >= 0.3 is 18.0 Å². The molecule has 1 aromatic heterocycles. The molecule has 110 valence electrons. The van der Waals surface area contributed by atoms with E-state index in [4.69, 9.17) is 0 Å². The predicted molar refractivity (Wildman–Crippen MR) is 58.3 cm³/mol. The van der Waals surface area contributed by atoms with Gasteiger partial charge in [-0.3, -0.25) is 10.1 Å². The molecule has 0 spiro atoms. The van der Waals surface area contributed by atoms with Crippen LogP contribution in [-0.2, 0) is 4.74 Å². The maximum absolute atomic E-state index is 12.3. The summed E-state index contributed by atoms with van der Waals surface area (Å²) in [4.78, 5) is 24.6. The van der Waals surface area contributed by atoms with Crippen LogP contribution in [0.3, 0.4) is 0 Å². The van der Waals surface area contributed by atoms with E-state index >= 15 is 0 Å². The number of carbonyl (C=O) groups excluding carboxylic acids is 1. The highest BCUT2D eigenvalue weighted by atomic mass is 19.4. The van der Waals surface area contributed by atoms with Crippen molar-refractivity contribution in [2.75, 3.05) is 6.61 Å². The number of rotatable bonds is 4. The van der Waals surface area contributed by atoms with Gasteiger partial charge in [-0.15, -0.1) is 13.2 Å². The molecule has 0 aliphatic rings. The molecule has 0 bridgehead atoms. The van der Waals surface area contributed by atoms with Gasteiger partial charge in [0.25, 0.3) is 0 Å². The molecule has 0 saturated carbocycles. The lowest BCUT2D eigenvalue weighted by molar-refractivity contribution is -0.389. The molecule has 10 heteroatoms. The minimum absolute atomic E-state index is 0.110. The number of halogens is 3. The minimum Gasteiger partial charge on any atom is -0.461 e. The van der Waals surface area contributed by atoms with E-state index in [0.29, 0.717) is 0 Å². The molecule has 0 saturated heterocycles. The summed E-state index contributed by atoms with van der Waals surface area (Å²) in [5.74, 6) is -2.29. The fourth-order valence-electron chi connectivity index (χ4n) is 1.34. The molecule has 0 aromatic carbocycles. The van der Waals surface area contributed by atoms with Crippen molar-refractivity contribution < 1.29 is 32.4 Å². The number of ether oxygens (including phenoxy) is 2. The van der Waals surface area contributed by atoms with Crippen molar-refractivity contribution in [3.05, 3.63) is 27.6 Å². The smallest absolute Gasteiger partial charge is 0.461 e. The van der Waals surface area contributed by atoms with E-state index in [1.54, 1.807) is 0 Å². The lowest BCUT2D eigenvalue weighted by Gasteiger charge is -2.12. The average Bonchev–Trinajstić information content (AvgIpc) is 2.29. The van der Waals surface area contributed by atoms with Crippen LogP contribution in [0.5, 0.6) is 5.75 Å². The molecule has 0 radical (unpaired) electrons. The van der Waals surface area contributed by atoms with Crippen LogP contribution in [0.25, 0.3) is 0 Å². The number of esters is 1.